The van der Waals surface area contributed by atoms with Crippen LogP contribution in [0.1, 0.15) is 85.4 Å². The molecule has 3 amide bonds. The summed E-state index contributed by atoms with van der Waals surface area (Å²) in [6, 6.07) is 9.99. The Morgan fingerprint density at radius 2 is 1.37 bits per heavy atom. The Bertz CT molecular complexity index is 1140. The molecule has 0 radical (unpaired) electrons. The van der Waals surface area contributed by atoms with E-state index in [1.807, 2.05) is 20.8 Å². The molecule has 9 heteroatoms. The lowest BCUT2D eigenvalue weighted by atomic mass is 9.95. The van der Waals surface area contributed by atoms with Crippen molar-refractivity contribution in [3.8, 4) is 11.5 Å². The predicted molar refractivity (Wildman–Crippen MR) is 159 cm³/mol. The summed E-state index contributed by atoms with van der Waals surface area (Å²) in [5, 5.41) is 25.4. The molecule has 0 saturated heterocycles. The number of phenolic OH excluding ortho intramolecular Hbond substituents is 2. The Hall–Kier alpha value is -3.75. The molecule has 2 rings (SSSR count). The highest BCUT2D eigenvalue weighted by atomic mass is 16.6. The lowest BCUT2D eigenvalue weighted by Crippen LogP contribution is -2.56. The van der Waals surface area contributed by atoms with E-state index in [4.69, 9.17) is 4.74 Å². The highest BCUT2D eigenvalue weighted by Gasteiger charge is 2.39. The van der Waals surface area contributed by atoms with Gasteiger partial charge in [0, 0.05) is 18.5 Å². The summed E-state index contributed by atoms with van der Waals surface area (Å²) in [5.74, 6) is -0.315. The second-order valence-corrected chi connectivity index (χ2v) is 12.3. The number of hydrogen-bond donors (Lipinski definition) is 4. The van der Waals surface area contributed by atoms with Gasteiger partial charge in [-0.25, -0.2) is 4.79 Å². The molecule has 2 aromatic rings. The van der Waals surface area contributed by atoms with Crippen LogP contribution in [0.15, 0.2) is 48.5 Å². The lowest BCUT2D eigenvalue weighted by Gasteiger charge is -2.39. The first-order valence-corrected chi connectivity index (χ1v) is 14.3. The Kier molecular flexibility index (Phi) is 12.0. The largest absolute Gasteiger partial charge is 0.508 e. The zero-order valence-electron chi connectivity index (χ0n) is 25.6. The van der Waals surface area contributed by atoms with Gasteiger partial charge in [-0.1, -0.05) is 38.1 Å². The van der Waals surface area contributed by atoms with Crippen molar-refractivity contribution in [3.63, 3.8) is 0 Å². The maximum atomic E-state index is 14.6. The molecule has 0 heterocycles. The van der Waals surface area contributed by atoms with Crippen LogP contribution in [-0.4, -0.2) is 56.7 Å². The molecule has 2 aromatic carbocycles. The van der Waals surface area contributed by atoms with Gasteiger partial charge in [-0.2, -0.15) is 0 Å². The van der Waals surface area contributed by atoms with Crippen molar-refractivity contribution in [2.24, 2.45) is 5.92 Å². The zero-order chi connectivity index (χ0) is 30.9. The van der Waals surface area contributed by atoms with Crippen molar-refractivity contribution in [3.05, 3.63) is 59.7 Å². The third-order valence-corrected chi connectivity index (χ3v) is 6.42. The summed E-state index contributed by atoms with van der Waals surface area (Å²) in [7, 11) is 0. The molecule has 0 spiro atoms. The fourth-order valence-corrected chi connectivity index (χ4v) is 4.47. The number of aromatic hydroxyl groups is 2. The van der Waals surface area contributed by atoms with Crippen LogP contribution in [0.2, 0.25) is 0 Å². The number of amides is 3. The van der Waals surface area contributed by atoms with Crippen LogP contribution in [0, 0.1) is 5.92 Å². The second kappa shape index (κ2) is 14.8. The highest BCUT2D eigenvalue weighted by Crippen LogP contribution is 2.29. The van der Waals surface area contributed by atoms with Crippen LogP contribution in [0.5, 0.6) is 11.5 Å². The van der Waals surface area contributed by atoms with Crippen molar-refractivity contribution >= 4 is 17.9 Å². The number of nitrogens with zero attached hydrogens (tertiary/aromatic N) is 1. The van der Waals surface area contributed by atoms with E-state index in [1.54, 1.807) is 49.9 Å². The topological polar surface area (TPSA) is 128 Å². The molecular formula is C32H47N3O6. The van der Waals surface area contributed by atoms with Crippen molar-refractivity contribution in [1.29, 1.82) is 0 Å². The van der Waals surface area contributed by atoms with E-state index in [1.165, 1.54) is 24.3 Å². The van der Waals surface area contributed by atoms with Crippen LogP contribution >= 0.6 is 0 Å². The molecule has 9 nitrogen and oxygen atoms in total. The number of benzene rings is 2. The number of hydrogen-bond acceptors (Lipinski definition) is 6. The Morgan fingerprint density at radius 1 is 0.829 bits per heavy atom. The summed E-state index contributed by atoms with van der Waals surface area (Å²) < 4.78 is 5.48. The molecule has 0 saturated carbocycles. The zero-order valence-corrected chi connectivity index (χ0v) is 25.6. The smallest absolute Gasteiger partial charge is 0.408 e. The van der Waals surface area contributed by atoms with Crippen LogP contribution in [0.3, 0.4) is 0 Å². The minimum absolute atomic E-state index is 0.0410. The van der Waals surface area contributed by atoms with E-state index in [2.05, 4.69) is 24.5 Å². The highest BCUT2D eigenvalue weighted by molar-refractivity contribution is 5.92. The number of carbonyl (C=O) groups is 3. The minimum atomic E-state index is -1.07. The predicted octanol–water partition coefficient (Wildman–Crippen LogP) is 5.45. The molecular weight excluding hydrogens is 522 g/mol. The van der Waals surface area contributed by atoms with E-state index < -0.39 is 29.7 Å². The van der Waals surface area contributed by atoms with Gasteiger partial charge in [0.15, 0.2) is 0 Å². The van der Waals surface area contributed by atoms with E-state index in [9.17, 15) is 24.6 Å². The summed E-state index contributed by atoms with van der Waals surface area (Å²) in [4.78, 5) is 42.8. The Balaban J connectivity index is 2.63. The maximum absolute atomic E-state index is 14.6. The molecule has 226 valence electrons. The molecule has 0 aromatic heterocycles. The van der Waals surface area contributed by atoms with Crippen molar-refractivity contribution in [2.45, 2.75) is 104 Å². The third-order valence-electron chi connectivity index (χ3n) is 6.42. The molecule has 3 unspecified atom stereocenters. The van der Waals surface area contributed by atoms with Gasteiger partial charge in [-0.3, -0.25) is 9.59 Å². The third kappa shape index (κ3) is 11.0. The standard InChI is InChI=1S/C32H47N3O6/c1-20(2)9-10-22(5)35(28(29(38)33-21(3)4)24-13-17-26(37)18-14-24)30(39)27(34-31(40)41-32(6,7)8)19-23-11-15-25(36)16-12-23/h11-18,20-22,27-28,36-37H,9-10,19H2,1-8H3,(H,33,38)(H,34,40). The number of ether oxygens (including phenoxy) is 1. The average molecular weight is 570 g/mol. The molecule has 0 fully saturated rings. The first kappa shape index (κ1) is 33.5. The van der Waals surface area contributed by atoms with Gasteiger partial charge < -0.3 is 30.5 Å². The van der Waals surface area contributed by atoms with Crippen molar-refractivity contribution in [1.82, 2.24) is 15.5 Å². The quantitative estimate of drug-likeness (QED) is 0.269. The average Bonchev–Trinajstić information content (AvgIpc) is 2.85. The minimum Gasteiger partial charge on any atom is -0.508 e. The lowest BCUT2D eigenvalue weighted by molar-refractivity contribution is -0.145. The Morgan fingerprint density at radius 3 is 1.85 bits per heavy atom. The summed E-state index contributed by atoms with van der Waals surface area (Å²) in [5.41, 5.74) is 0.456. The molecule has 4 N–H and O–H groups in total. The van der Waals surface area contributed by atoms with E-state index >= 15 is 0 Å². The molecule has 41 heavy (non-hydrogen) atoms. The molecule has 0 aliphatic rings. The number of alkyl carbamates (subject to hydrolysis) is 1. The van der Waals surface area contributed by atoms with Crippen molar-refractivity contribution in [2.75, 3.05) is 0 Å². The maximum Gasteiger partial charge on any atom is 0.408 e. The van der Waals surface area contributed by atoms with Crippen LogP contribution in [0.25, 0.3) is 0 Å². The fourth-order valence-electron chi connectivity index (χ4n) is 4.47. The first-order chi connectivity index (χ1) is 19.1. The number of carbonyl (C=O) groups excluding carboxylic acids is 3. The van der Waals surface area contributed by atoms with Gasteiger partial charge in [-0.15, -0.1) is 0 Å². The van der Waals surface area contributed by atoms with Crippen LogP contribution in [0.4, 0.5) is 4.79 Å². The number of rotatable bonds is 12. The van der Waals surface area contributed by atoms with Gasteiger partial charge >= 0.3 is 6.09 Å². The van der Waals surface area contributed by atoms with Crippen LogP contribution in [-0.2, 0) is 20.7 Å². The van der Waals surface area contributed by atoms with Gasteiger partial charge in [0.05, 0.1) is 0 Å². The SMILES string of the molecule is CC(C)CCC(C)N(C(=O)C(Cc1ccc(O)cc1)NC(=O)OC(C)(C)C)C(C(=O)NC(C)C)c1ccc(O)cc1. The monoisotopic (exact) mass is 569 g/mol. The molecule has 3 atom stereocenters. The molecule has 0 bridgehead atoms. The summed E-state index contributed by atoms with van der Waals surface area (Å²) in [6.45, 7) is 15.0. The van der Waals surface area contributed by atoms with Gasteiger partial charge in [0.2, 0.25) is 11.8 Å². The normalized spacial score (nSPS) is 13.8. The number of nitrogens with one attached hydrogen (secondary N) is 2. The number of phenols is 2. The van der Waals surface area contributed by atoms with E-state index in [0.29, 0.717) is 23.5 Å². The van der Waals surface area contributed by atoms with Gasteiger partial charge in [-0.05, 0) is 95.7 Å². The molecule has 0 aliphatic carbocycles. The molecule has 0 aliphatic heterocycles. The second-order valence-electron chi connectivity index (χ2n) is 12.3. The first-order valence-electron chi connectivity index (χ1n) is 14.3. The van der Waals surface area contributed by atoms with E-state index in [-0.39, 0.29) is 35.9 Å². The van der Waals surface area contributed by atoms with Crippen LogP contribution < -0.4 is 10.6 Å². The van der Waals surface area contributed by atoms with Crippen molar-refractivity contribution < 1.29 is 29.3 Å². The fraction of sp³-hybridized carbons (Fsp3) is 0.531. The summed E-state index contributed by atoms with van der Waals surface area (Å²) in [6.07, 6.45) is 0.809. The van der Waals surface area contributed by atoms with Gasteiger partial charge in [0.1, 0.15) is 29.2 Å². The Labute approximate surface area is 244 Å². The van der Waals surface area contributed by atoms with E-state index in [0.717, 1.165) is 6.42 Å². The summed E-state index contributed by atoms with van der Waals surface area (Å²) >= 11 is 0. The van der Waals surface area contributed by atoms with Gasteiger partial charge in [0.25, 0.3) is 0 Å².